The summed E-state index contributed by atoms with van der Waals surface area (Å²) in [6.07, 6.45) is -4.15. The number of halogens is 2. The van der Waals surface area contributed by atoms with Crippen molar-refractivity contribution in [3.05, 3.63) is 35.9 Å². The fourth-order valence-corrected chi connectivity index (χ4v) is 2.63. The van der Waals surface area contributed by atoms with Crippen LogP contribution in [-0.4, -0.2) is 48.2 Å². The molecule has 1 fully saturated rings. The number of hydrogen-bond acceptors (Lipinski definition) is 4. The summed E-state index contributed by atoms with van der Waals surface area (Å²) in [7, 11) is 0. The van der Waals surface area contributed by atoms with Crippen molar-refractivity contribution in [1.29, 1.82) is 0 Å². The molecule has 1 aromatic carbocycles. The van der Waals surface area contributed by atoms with E-state index in [0.717, 1.165) is 5.56 Å². The predicted molar refractivity (Wildman–Crippen MR) is 90.9 cm³/mol. The van der Waals surface area contributed by atoms with Gasteiger partial charge in [-0.15, -0.1) is 0 Å². The van der Waals surface area contributed by atoms with Crippen LogP contribution in [0.1, 0.15) is 26.3 Å². The lowest BCUT2D eigenvalue weighted by Crippen LogP contribution is -2.43. The standard InChI is InChI=1S/C18H24F2N2O4/c1-18(2,3)26-17(24)22-9-13(15(19)20)14(10-22)21-16(23)25-11-12-7-5-4-6-8-12/h4-8,13-15H,9-11H2,1-3H3,(H,21,23)/t13-,14-/m1/s1. The molecule has 26 heavy (non-hydrogen) atoms. The van der Waals surface area contributed by atoms with Crippen LogP contribution in [0.3, 0.4) is 0 Å². The first-order valence-electron chi connectivity index (χ1n) is 8.39. The Hall–Kier alpha value is -2.38. The third-order valence-corrected chi connectivity index (χ3v) is 3.86. The Bertz CT molecular complexity index is 619. The Balaban J connectivity index is 1.91. The number of hydrogen-bond donors (Lipinski definition) is 1. The molecule has 2 amide bonds. The number of alkyl halides is 2. The molecule has 0 aliphatic carbocycles. The molecular formula is C18H24F2N2O4. The molecule has 2 rings (SSSR count). The molecule has 1 aliphatic heterocycles. The Morgan fingerprint density at radius 2 is 1.88 bits per heavy atom. The second-order valence-corrected chi connectivity index (χ2v) is 7.20. The van der Waals surface area contributed by atoms with Gasteiger partial charge in [0.15, 0.2) is 0 Å². The molecule has 8 heteroatoms. The number of nitrogens with zero attached hydrogens (tertiary/aromatic N) is 1. The summed E-state index contributed by atoms with van der Waals surface area (Å²) in [4.78, 5) is 25.2. The molecule has 0 unspecified atom stereocenters. The average molecular weight is 370 g/mol. The fourth-order valence-electron chi connectivity index (χ4n) is 2.63. The number of alkyl carbamates (subject to hydrolysis) is 1. The van der Waals surface area contributed by atoms with Gasteiger partial charge in [-0.1, -0.05) is 30.3 Å². The van der Waals surface area contributed by atoms with Gasteiger partial charge in [-0.25, -0.2) is 18.4 Å². The van der Waals surface area contributed by atoms with Gasteiger partial charge < -0.3 is 19.7 Å². The van der Waals surface area contributed by atoms with Crippen molar-refractivity contribution in [3.63, 3.8) is 0 Å². The van der Waals surface area contributed by atoms with Crippen molar-refractivity contribution >= 4 is 12.2 Å². The van der Waals surface area contributed by atoms with Crippen LogP contribution in [0.2, 0.25) is 0 Å². The third kappa shape index (κ3) is 5.86. The Labute approximate surface area is 151 Å². The molecular weight excluding hydrogens is 346 g/mol. The highest BCUT2D eigenvalue weighted by atomic mass is 19.3. The SMILES string of the molecule is CC(C)(C)OC(=O)N1C[C@@H](NC(=O)OCc2ccccc2)[C@H](C(F)F)C1. The minimum atomic E-state index is -2.68. The van der Waals surface area contributed by atoms with E-state index in [4.69, 9.17) is 9.47 Å². The third-order valence-electron chi connectivity index (χ3n) is 3.86. The van der Waals surface area contributed by atoms with Gasteiger partial charge in [-0.3, -0.25) is 0 Å². The first kappa shape index (κ1) is 19.9. The highest BCUT2D eigenvalue weighted by molar-refractivity contribution is 5.70. The highest BCUT2D eigenvalue weighted by Crippen LogP contribution is 2.25. The van der Waals surface area contributed by atoms with Crippen LogP contribution in [0.5, 0.6) is 0 Å². The Morgan fingerprint density at radius 3 is 2.46 bits per heavy atom. The summed E-state index contributed by atoms with van der Waals surface area (Å²) >= 11 is 0. The second-order valence-electron chi connectivity index (χ2n) is 7.20. The van der Waals surface area contributed by atoms with Gasteiger partial charge in [-0.05, 0) is 26.3 Å². The van der Waals surface area contributed by atoms with Crippen molar-refractivity contribution in [2.45, 2.75) is 45.4 Å². The number of carbonyl (C=O) groups excluding carboxylic acids is 2. The first-order valence-corrected chi connectivity index (χ1v) is 8.39. The van der Waals surface area contributed by atoms with Gasteiger partial charge in [0.25, 0.3) is 0 Å². The van der Waals surface area contributed by atoms with E-state index in [1.54, 1.807) is 45.0 Å². The molecule has 1 aromatic rings. The summed E-state index contributed by atoms with van der Waals surface area (Å²) in [5.74, 6) is -1.17. The lowest BCUT2D eigenvalue weighted by Gasteiger charge is -2.24. The van der Waals surface area contributed by atoms with Crippen molar-refractivity contribution in [2.75, 3.05) is 13.1 Å². The molecule has 144 valence electrons. The predicted octanol–water partition coefficient (Wildman–Crippen LogP) is 3.41. The summed E-state index contributed by atoms with van der Waals surface area (Å²) in [5.41, 5.74) is 0.0622. The van der Waals surface area contributed by atoms with E-state index < -0.39 is 36.2 Å². The molecule has 1 saturated heterocycles. The van der Waals surface area contributed by atoms with Crippen molar-refractivity contribution in [2.24, 2.45) is 5.92 Å². The van der Waals surface area contributed by atoms with Crippen LogP contribution in [0.15, 0.2) is 30.3 Å². The van der Waals surface area contributed by atoms with Crippen molar-refractivity contribution in [1.82, 2.24) is 10.2 Å². The number of benzene rings is 1. The maximum Gasteiger partial charge on any atom is 0.410 e. The van der Waals surface area contributed by atoms with Crippen LogP contribution in [0.25, 0.3) is 0 Å². The summed E-state index contributed by atoms with van der Waals surface area (Å²) in [5, 5.41) is 2.44. The molecule has 0 bridgehead atoms. The minimum Gasteiger partial charge on any atom is -0.445 e. The molecule has 1 heterocycles. The molecule has 6 nitrogen and oxygen atoms in total. The zero-order valence-corrected chi connectivity index (χ0v) is 15.1. The molecule has 0 saturated carbocycles. The summed E-state index contributed by atoms with van der Waals surface area (Å²) in [6.45, 7) is 4.89. The second kappa shape index (κ2) is 8.33. The van der Waals surface area contributed by atoms with Gasteiger partial charge in [0, 0.05) is 13.1 Å². The van der Waals surface area contributed by atoms with Gasteiger partial charge >= 0.3 is 12.2 Å². The number of amides is 2. The highest BCUT2D eigenvalue weighted by Gasteiger charge is 2.42. The summed E-state index contributed by atoms with van der Waals surface area (Å²) < 4.78 is 36.9. The van der Waals surface area contributed by atoms with Crippen LogP contribution in [0.4, 0.5) is 18.4 Å². The number of carbonyl (C=O) groups is 2. The molecule has 0 radical (unpaired) electrons. The van der Waals surface area contributed by atoms with Gasteiger partial charge in [0.05, 0.1) is 12.0 Å². The zero-order chi connectivity index (χ0) is 19.3. The monoisotopic (exact) mass is 370 g/mol. The largest absolute Gasteiger partial charge is 0.445 e. The van der Waals surface area contributed by atoms with Crippen LogP contribution < -0.4 is 5.32 Å². The summed E-state index contributed by atoms with van der Waals surface area (Å²) in [6, 6.07) is 8.12. The molecule has 1 aliphatic rings. The Kier molecular flexibility index (Phi) is 6.39. The van der Waals surface area contributed by atoms with Crippen LogP contribution >= 0.6 is 0 Å². The smallest absolute Gasteiger partial charge is 0.410 e. The lowest BCUT2D eigenvalue weighted by atomic mass is 10.1. The van der Waals surface area contributed by atoms with Gasteiger partial charge in [-0.2, -0.15) is 0 Å². The van der Waals surface area contributed by atoms with E-state index in [1.807, 2.05) is 6.07 Å². The number of rotatable bonds is 4. The molecule has 2 atom stereocenters. The maximum absolute atomic E-state index is 13.3. The molecule has 0 aromatic heterocycles. The van der Waals surface area contributed by atoms with E-state index in [0.29, 0.717) is 0 Å². The van der Waals surface area contributed by atoms with Crippen LogP contribution in [0, 0.1) is 5.92 Å². The topological polar surface area (TPSA) is 67.9 Å². The Morgan fingerprint density at radius 1 is 1.23 bits per heavy atom. The number of nitrogens with one attached hydrogen (secondary N) is 1. The van der Waals surface area contributed by atoms with Crippen molar-refractivity contribution < 1.29 is 27.8 Å². The van der Waals surface area contributed by atoms with Gasteiger partial charge in [0.1, 0.15) is 12.2 Å². The minimum absolute atomic E-state index is 0.0362. The van der Waals surface area contributed by atoms with Crippen LogP contribution in [-0.2, 0) is 16.1 Å². The van der Waals surface area contributed by atoms with E-state index in [1.165, 1.54) is 4.90 Å². The number of ether oxygens (including phenoxy) is 2. The average Bonchev–Trinajstić information content (AvgIpc) is 2.96. The molecule has 0 spiro atoms. The van der Waals surface area contributed by atoms with Gasteiger partial charge in [0.2, 0.25) is 6.43 Å². The fraction of sp³-hybridized carbons (Fsp3) is 0.556. The normalized spacial score (nSPS) is 20.2. The quantitative estimate of drug-likeness (QED) is 0.882. The van der Waals surface area contributed by atoms with E-state index in [-0.39, 0.29) is 19.7 Å². The first-order chi connectivity index (χ1) is 12.2. The van der Waals surface area contributed by atoms with E-state index in [9.17, 15) is 18.4 Å². The van der Waals surface area contributed by atoms with Crippen molar-refractivity contribution in [3.8, 4) is 0 Å². The van der Waals surface area contributed by atoms with E-state index >= 15 is 0 Å². The van der Waals surface area contributed by atoms with E-state index in [2.05, 4.69) is 5.32 Å². The maximum atomic E-state index is 13.3. The number of likely N-dealkylation sites (tertiary alicyclic amines) is 1. The molecule has 1 N–H and O–H groups in total. The zero-order valence-electron chi connectivity index (χ0n) is 15.1. The lowest BCUT2D eigenvalue weighted by molar-refractivity contribution is 0.0254.